The zero-order chi connectivity index (χ0) is 32.0. The lowest BCUT2D eigenvalue weighted by atomic mass is 9.91. The van der Waals surface area contributed by atoms with Gasteiger partial charge in [-0.15, -0.1) is 0 Å². The Balaban J connectivity index is 2.45. The zero-order valence-corrected chi connectivity index (χ0v) is 24.9. The van der Waals surface area contributed by atoms with E-state index in [1.54, 1.807) is 41.5 Å². The third-order valence-corrected chi connectivity index (χ3v) is 6.11. The molecule has 3 atom stereocenters. The Morgan fingerprint density at radius 1 is 1.02 bits per heavy atom. The lowest BCUT2D eigenvalue weighted by Crippen LogP contribution is -2.59. The molecule has 1 saturated heterocycles. The number of likely N-dealkylation sites (tertiary alicyclic amines) is 1. The number of carbonyl (C=O) groups is 5. The summed E-state index contributed by atoms with van der Waals surface area (Å²) in [6.45, 7) is 11.3. The van der Waals surface area contributed by atoms with E-state index < -0.39 is 71.1 Å². The first-order valence-electron chi connectivity index (χ1n) is 13.5. The van der Waals surface area contributed by atoms with Gasteiger partial charge < -0.3 is 24.2 Å². The molecule has 0 bridgehead atoms. The van der Waals surface area contributed by atoms with Crippen LogP contribution in [0.1, 0.15) is 74.1 Å². The highest BCUT2D eigenvalue weighted by Crippen LogP contribution is 2.27. The van der Waals surface area contributed by atoms with Gasteiger partial charge in [-0.1, -0.05) is 6.92 Å². The molecule has 42 heavy (non-hydrogen) atoms. The summed E-state index contributed by atoms with van der Waals surface area (Å²) in [5.74, 6) is -2.96. The summed E-state index contributed by atoms with van der Waals surface area (Å²) in [5.41, 5.74) is -2.37. The van der Waals surface area contributed by atoms with Crippen LogP contribution in [0.15, 0.2) is 24.3 Å². The molecule has 0 saturated carbocycles. The van der Waals surface area contributed by atoms with Gasteiger partial charge in [-0.05, 0) is 78.9 Å². The van der Waals surface area contributed by atoms with Gasteiger partial charge in [0.05, 0.1) is 4.92 Å². The van der Waals surface area contributed by atoms with Gasteiger partial charge in [0.25, 0.3) is 5.69 Å². The molecule has 1 aromatic rings. The van der Waals surface area contributed by atoms with E-state index in [1.807, 2.05) is 6.92 Å². The van der Waals surface area contributed by atoms with Gasteiger partial charge in [0.2, 0.25) is 5.91 Å². The molecule has 232 valence electrons. The van der Waals surface area contributed by atoms with Gasteiger partial charge in [0.1, 0.15) is 29.0 Å². The first-order valence-corrected chi connectivity index (χ1v) is 13.5. The minimum Gasteiger partial charge on any atom is -0.480 e. The smallest absolute Gasteiger partial charge is 0.420 e. The molecule has 1 heterocycles. The van der Waals surface area contributed by atoms with Crippen molar-refractivity contribution in [2.45, 2.75) is 97.4 Å². The monoisotopic (exact) mass is 593 g/mol. The molecule has 1 aliphatic rings. The summed E-state index contributed by atoms with van der Waals surface area (Å²) in [6, 6.07) is 1.84. The predicted octanol–water partition coefficient (Wildman–Crippen LogP) is 4.53. The van der Waals surface area contributed by atoms with E-state index >= 15 is 0 Å². The predicted molar refractivity (Wildman–Crippen MR) is 148 cm³/mol. The van der Waals surface area contributed by atoms with Gasteiger partial charge >= 0.3 is 24.1 Å². The van der Waals surface area contributed by atoms with Crippen molar-refractivity contribution in [3.05, 3.63) is 34.4 Å². The molecule has 1 aromatic carbocycles. The van der Waals surface area contributed by atoms with Crippen LogP contribution in [0.25, 0.3) is 0 Å². The summed E-state index contributed by atoms with van der Waals surface area (Å²) in [4.78, 5) is 77.3. The van der Waals surface area contributed by atoms with Gasteiger partial charge in [0.15, 0.2) is 0 Å². The third-order valence-electron chi connectivity index (χ3n) is 6.11. The Morgan fingerprint density at radius 3 is 2.00 bits per heavy atom. The van der Waals surface area contributed by atoms with Crippen LogP contribution in [-0.2, 0) is 23.9 Å². The van der Waals surface area contributed by atoms with Crippen LogP contribution in [0, 0.1) is 16.0 Å². The number of nitro benzene ring substituents is 1. The number of non-ortho nitro benzene ring substituents is 1. The molecule has 3 amide bonds. The quantitative estimate of drug-likeness (QED) is 0.193. The largest absolute Gasteiger partial charge is 0.480 e. The molecular weight excluding hydrogens is 554 g/mol. The SMILES string of the molecule is C[C@@H]1CCN(C(=O)[C@H](CCC(=O)Oc2ccc([N+](=O)[O-])cc2)N(C(=O)OC(C)(C)C)C(=O)OC(C)(C)C)[C@@H](C(=O)O)C1. The van der Waals surface area contributed by atoms with Gasteiger partial charge in [-0.3, -0.25) is 19.7 Å². The number of piperidine rings is 1. The molecule has 0 unspecified atom stereocenters. The number of benzene rings is 1. The number of amides is 3. The van der Waals surface area contributed by atoms with Crippen LogP contribution in [0.3, 0.4) is 0 Å². The van der Waals surface area contributed by atoms with Crippen LogP contribution in [0.5, 0.6) is 5.75 Å². The van der Waals surface area contributed by atoms with Crippen LogP contribution in [0.4, 0.5) is 15.3 Å². The highest BCUT2D eigenvalue weighted by Gasteiger charge is 2.45. The number of esters is 1. The highest BCUT2D eigenvalue weighted by atomic mass is 16.6. The number of ether oxygens (including phenoxy) is 3. The number of aliphatic carboxylic acids is 1. The summed E-state index contributed by atoms with van der Waals surface area (Å²) >= 11 is 0. The summed E-state index contributed by atoms with van der Waals surface area (Å²) in [5, 5.41) is 20.7. The number of carboxylic acids is 1. The second-order valence-electron chi connectivity index (χ2n) is 12.1. The van der Waals surface area contributed by atoms with Crippen molar-refractivity contribution in [1.29, 1.82) is 0 Å². The highest BCUT2D eigenvalue weighted by molar-refractivity contribution is 5.97. The minimum atomic E-state index is -1.67. The summed E-state index contributed by atoms with van der Waals surface area (Å²) in [7, 11) is 0. The molecule has 14 heteroatoms. The number of carbonyl (C=O) groups excluding carboxylic acids is 4. The molecule has 1 fully saturated rings. The van der Waals surface area contributed by atoms with Gasteiger partial charge in [-0.2, -0.15) is 4.90 Å². The van der Waals surface area contributed by atoms with Crippen molar-refractivity contribution in [2.75, 3.05) is 6.54 Å². The molecule has 1 N–H and O–H groups in total. The fourth-order valence-corrected chi connectivity index (χ4v) is 4.22. The second kappa shape index (κ2) is 13.6. The number of rotatable bonds is 8. The molecule has 0 spiro atoms. The van der Waals surface area contributed by atoms with Crippen LogP contribution >= 0.6 is 0 Å². The van der Waals surface area contributed by atoms with E-state index in [1.165, 1.54) is 12.1 Å². The van der Waals surface area contributed by atoms with E-state index in [-0.39, 0.29) is 30.3 Å². The van der Waals surface area contributed by atoms with Crippen molar-refractivity contribution in [1.82, 2.24) is 9.80 Å². The molecule has 0 aliphatic carbocycles. The number of imide groups is 1. The van der Waals surface area contributed by atoms with E-state index in [0.29, 0.717) is 11.3 Å². The van der Waals surface area contributed by atoms with E-state index in [9.17, 15) is 39.2 Å². The Kier molecular flexibility index (Phi) is 11.0. The van der Waals surface area contributed by atoms with E-state index in [0.717, 1.165) is 17.0 Å². The Morgan fingerprint density at radius 2 is 1.55 bits per heavy atom. The van der Waals surface area contributed by atoms with Crippen molar-refractivity contribution in [3.63, 3.8) is 0 Å². The maximum Gasteiger partial charge on any atom is 0.420 e. The third kappa shape index (κ3) is 10.00. The second-order valence-corrected chi connectivity index (χ2v) is 12.1. The molecule has 2 rings (SSSR count). The Hall–Kier alpha value is -4.23. The Bertz CT molecular complexity index is 1160. The first-order chi connectivity index (χ1) is 19.3. The van der Waals surface area contributed by atoms with Crippen LogP contribution in [-0.4, -0.2) is 79.7 Å². The van der Waals surface area contributed by atoms with Crippen molar-refractivity contribution < 1.29 is 48.2 Å². The lowest BCUT2D eigenvalue weighted by Gasteiger charge is -2.40. The van der Waals surface area contributed by atoms with Gasteiger partial charge in [-0.25, -0.2) is 14.4 Å². The maximum absolute atomic E-state index is 14.0. The zero-order valence-electron chi connectivity index (χ0n) is 24.9. The fourth-order valence-electron chi connectivity index (χ4n) is 4.22. The normalized spacial score (nSPS) is 17.9. The molecule has 0 radical (unpaired) electrons. The topological polar surface area (TPSA) is 183 Å². The van der Waals surface area contributed by atoms with Gasteiger partial charge in [0, 0.05) is 25.1 Å². The number of carboxylic acid groups (broad SMARTS) is 1. The Labute approximate surface area is 244 Å². The number of nitrogens with zero attached hydrogens (tertiary/aromatic N) is 3. The molecule has 0 aromatic heterocycles. The maximum atomic E-state index is 14.0. The van der Waals surface area contributed by atoms with Crippen molar-refractivity contribution in [2.24, 2.45) is 5.92 Å². The fraction of sp³-hybridized carbons (Fsp3) is 0.607. The average molecular weight is 594 g/mol. The summed E-state index contributed by atoms with van der Waals surface area (Å²) < 4.78 is 16.0. The van der Waals surface area contributed by atoms with Crippen LogP contribution < -0.4 is 4.74 Å². The molecule has 1 aliphatic heterocycles. The van der Waals surface area contributed by atoms with Crippen molar-refractivity contribution >= 4 is 35.7 Å². The summed E-state index contributed by atoms with van der Waals surface area (Å²) in [6.07, 6.45) is -2.70. The van der Waals surface area contributed by atoms with E-state index in [4.69, 9.17) is 14.2 Å². The minimum absolute atomic E-state index is 0.000534. The number of hydrogen-bond donors (Lipinski definition) is 1. The van der Waals surface area contributed by atoms with Crippen molar-refractivity contribution in [3.8, 4) is 5.75 Å². The standard InChI is InChI=1S/C28H39N3O11/c1-17-14-15-29(21(16-17)24(34)35)23(33)20(12-13-22(32)40-19-10-8-18(9-11-19)31(38)39)30(25(36)41-27(2,3)4)26(37)42-28(5,6)7/h8-11,17,20-21H,12-16H2,1-7H3,(H,34,35)/t17-,20+,21-/m1/s1. The first kappa shape index (κ1) is 34.0. The molecule has 14 nitrogen and oxygen atoms in total. The lowest BCUT2D eigenvalue weighted by molar-refractivity contribution is -0.384. The number of nitro groups is 1. The average Bonchev–Trinajstić information content (AvgIpc) is 2.84. The molecular formula is C28H39N3O11. The van der Waals surface area contributed by atoms with E-state index in [2.05, 4.69) is 0 Å². The van der Waals surface area contributed by atoms with Crippen LogP contribution in [0.2, 0.25) is 0 Å². The number of hydrogen-bond acceptors (Lipinski definition) is 10.